The van der Waals surface area contributed by atoms with Crippen molar-refractivity contribution in [1.29, 1.82) is 0 Å². The Morgan fingerprint density at radius 2 is 2.05 bits per heavy atom. The van der Waals surface area contributed by atoms with E-state index in [1.165, 1.54) is 11.3 Å². The highest BCUT2D eigenvalue weighted by molar-refractivity contribution is 7.89. The van der Waals surface area contributed by atoms with Crippen LogP contribution in [0.25, 0.3) is 0 Å². The van der Waals surface area contributed by atoms with Crippen molar-refractivity contribution in [2.24, 2.45) is 0 Å². The molecule has 0 aliphatic heterocycles. The standard InChI is InChI=1S/C14H18N2O3S2/c1-11(14-7-4-9-20-14)16-21(17,18)10-8-19-13-6-3-2-5-12(13)15/h2-7,9,11,16H,8,10,15H2,1H3. The van der Waals surface area contributed by atoms with Crippen LogP contribution >= 0.6 is 11.3 Å². The van der Waals surface area contributed by atoms with E-state index < -0.39 is 10.0 Å². The highest BCUT2D eigenvalue weighted by Gasteiger charge is 2.16. The van der Waals surface area contributed by atoms with Gasteiger partial charge in [0.15, 0.2) is 0 Å². The fraction of sp³-hybridized carbons (Fsp3) is 0.286. The number of nitrogens with one attached hydrogen (secondary N) is 1. The number of sulfonamides is 1. The number of nitrogen functional groups attached to an aromatic ring is 1. The largest absolute Gasteiger partial charge is 0.490 e. The fourth-order valence-corrected chi connectivity index (χ4v) is 3.69. The van der Waals surface area contributed by atoms with Crippen molar-refractivity contribution in [3.05, 3.63) is 46.7 Å². The summed E-state index contributed by atoms with van der Waals surface area (Å²) in [6.45, 7) is 1.88. The molecule has 21 heavy (non-hydrogen) atoms. The van der Waals surface area contributed by atoms with Crippen molar-refractivity contribution >= 4 is 27.0 Å². The second-order valence-corrected chi connectivity index (χ2v) is 7.41. The fourth-order valence-electron chi connectivity index (χ4n) is 1.80. The molecule has 1 aromatic carbocycles. The van der Waals surface area contributed by atoms with E-state index >= 15 is 0 Å². The van der Waals surface area contributed by atoms with E-state index in [0.717, 1.165) is 4.88 Å². The maximum absolute atomic E-state index is 12.0. The smallest absolute Gasteiger partial charge is 0.215 e. The van der Waals surface area contributed by atoms with Crippen LogP contribution in [0.4, 0.5) is 5.69 Å². The molecular formula is C14H18N2O3S2. The third-order valence-electron chi connectivity index (χ3n) is 2.85. The Bertz CT molecular complexity index is 669. The molecule has 7 heteroatoms. The van der Waals surface area contributed by atoms with Crippen LogP contribution in [0.5, 0.6) is 5.75 Å². The minimum Gasteiger partial charge on any atom is -0.490 e. The van der Waals surface area contributed by atoms with E-state index in [9.17, 15) is 8.42 Å². The van der Waals surface area contributed by atoms with Crippen molar-refractivity contribution in [2.75, 3.05) is 18.1 Å². The first kappa shape index (κ1) is 15.8. The molecule has 0 amide bonds. The second-order valence-electron chi connectivity index (χ2n) is 4.56. The summed E-state index contributed by atoms with van der Waals surface area (Å²) in [5.74, 6) is 0.385. The van der Waals surface area contributed by atoms with Gasteiger partial charge in [0.2, 0.25) is 10.0 Å². The molecule has 0 spiro atoms. The van der Waals surface area contributed by atoms with Crippen molar-refractivity contribution < 1.29 is 13.2 Å². The lowest BCUT2D eigenvalue weighted by Crippen LogP contribution is -2.31. The monoisotopic (exact) mass is 326 g/mol. The van der Waals surface area contributed by atoms with E-state index in [0.29, 0.717) is 11.4 Å². The highest BCUT2D eigenvalue weighted by atomic mass is 32.2. The number of hydrogen-bond donors (Lipinski definition) is 2. The first-order valence-corrected chi connectivity index (χ1v) is 9.02. The zero-order chi connectivity index (χ0) is 15.3. The molecule has 2 aromatic rings. The van der Waals surface area contributed by atoms with Crippen LogP contribution in [0, 0.1) is 0 Å². The third kappa shape index (κ3) is 4.73. The SMILES string of the molecule is CC(NS(=O)(=O)CCOc1ccccc1N)c1cccs1. The molecule has 0 aliphatic rings. The van der Waals surface area contributed by atoms with Crippen molar-refractivity contribution in [3.63, 3.8) is 0 Å². The summed E-state index contributed by atoms with van der Waals surface area (Å²) in [5, 5.41) is 1.92. The third-order valence-corrected chi connectivity index (χ3v) is 5.33. The summed E-state index contributed by atoms with van der Waals surface area (Å²) < 4.78 is 32.0. The lowest BCUT2D eigenvalue weighted by molar-refractivity contribution is 0.342. The molecule has 0 aliphatic carbocycles. The van der Waals surface area contributed by atoms with Gasteiger partial charge in [0.05, 0.1) is 17.5 Å². The van der Waals surface area contributed by atoms with Gasteiger partial charge in [-0.15, -0.1) is 11.3 Å². The molecule has 0 saturated carbocycles. The average molecular weight is 326 g/mol. The Morgan fingerprint density at radius 3 is 2.71 bits per heavy atom. The maximum Gasteiger partial charge on any atom is 0.215 e. The average Bonchev–Trinajstić information content (AvgIpc) is 2.94. The van der Waals surface area contributed by atoms with Gasteiger partial charge < -0.3 is 10.5 Å². The molecule has 2 rings (SSSR count). The van der Waals surface area contributed by atoms with Gasteiger partial charge in [-0.3, -0.25) is 0 Å². The summed E-state index contributed by atoms with van der Waals surface area (Å²) in [6.07, 6.45) is 0. The second kappa shape index (κ2) is 6.93. The summed E-state index contributed by atoms with van der Waals surface area (Å²) in [4.78, 5) is 0.979. The summed E-state index contributed by atoms with van der Waals surface area (Å²) in [5.41, 5.74) is 6.22. The van der Waals surface area contributed by atoms with Crippen molar-refractivity contribution in [1.82, 2.24) is 4.72 Å². The normalized spacial score (nSPS) is 13.0. The van der Waals surface area contributed by atoms with E-state index in [4.69, 9.17) is 10.5 Å². The minimum atomic E-state index is -3.40. The molecule has 0 fully saturated rings. The molecule has 1 aromatic heterocycles. The predicted octanol–water partition coefficient (Wildman–Crippen LogP) is 2.39. The summed E-state index contributed by atoms with van der Waals surface area (Å²) in [6, 6.07) is 10.6. The van der Waals surface area contributed by atoms with Crippen LogP contribution in [-0.4, -0.2) is 20.8 Å². The van der Waals surface area contributed by atoms with Crippen molar-refractivity contribution in [2.45, 2.75) is 13.0 Å². The van der Waals surface area contributed by atoms with E-state index in [1.807, 2.05) is 24.4 Å². The first-order chi connectivity index (χ1) is 9.98. The zero-order valence-electron chi connectivity index (χ0n) is 11.7. The Labute approximate surface area is 128 Å². The van der Waals surface area contributed by atoms with Gasteiger partial charge in [0.1, 0.15) is 12.4 Å². The molecular weight excluding hydrogens is 308 g/mol. The Hall–Kier alpha value is -1.57. The van der Waals surface area contributed by atoms with Gasteiger partial charge in [0, 0.05) is 4.88 Å². The molecule has 3 N–H and O–H groups in total. The van der Waals surface area contributed by atoms with Gasteiger partial charge in [0.25, 0.3) is 0 Å². The van der Waals surface area contributed by atoms with Gasteiger partial charge in [-0.1, -0.05) is 18.2 Å². The van der Waals surface area contributed by atoms with Crippen LogP contribution in [0.3, 0.4) is 0 Å². The summed E-state index contributed by atoms with van der Waals surface area (Å²) >= 11 is 1.52. The van der Waals surface area contributed by atoms with E-state index in [-0.39, 0.29) is 18.4 Å². The number of ether oxygens (including phenoxy) is 1. The number of nitrogens with two attached hydrogens (primary N) is 1. The topological polar surface area (TPSA) is 81.4 Å². The Kier molecular flexibility index (Phi) is 5.22. The molecule has 0 radical (unpaired) electrons. The van der Waals surface area contributed by atoms with Gasteiger partial charge in [-0.25, -0.2) is 13.1 Å². The van der Waals surface area contributed by atoms with Crippen LogP contribution in [0.2, 0.25) is 0 Å². The lowest BCUT2D eigenvalue weighted by Gasteiger charge is -2.13. The number of hydrogen-bond acceptors (Lipinski definition) is 5. The lowest BCUT2D eigenvalue weighted by atomic mass is 10.3. The van der Waals surface area contributed by atoms with Gasteiger partial charge in [-0.05, 0) is 30.5 Å². The molecule has 114 valence electrons. The Balaban J connectivity index is 1.86. The van der Waals surface area contributed by atoms with Crippen molar-refractivity contribution in [3.8, 4) is 5.75 Å². The Morgan fingerprint density at radius 1 is 1.29 bits per heavy atom. The zero-order valence-corrected chi connectivity index (χ0v) is 13.3. The van der Waals surface area contributed by atoms with E-state index in [1.54, 1.807) is 24.3 Å². The first-order valence-electron chi connectivity index (χ1n) is 6.48. The van der Waals surface area contributed by atoms with Crippen LogP contribution in [0.15, 0.2) is 41.8 Å². The van der Waals surface area contributed by atoms with Gasteiger partial charge >= 0.3 is 0 Å². The maximum atomic E-state index is 12.0. The molecule has 0 saturated heterocycles. The quantitative estimate of drug-likeness (QED) is 0.766. The van der Waals surface area contributed by atoms with Gasteiger partial charge in [-0.2, -0.15) is 0 Å². The highest BCUT2D eigenvalue weighted by Crippen LogP contribution is 2.20. The predicted molar refractivity (Wildman–Crippen MR) is 86.0 cm³/mol. The summed E-state index contributed by atoms with van der Waals surface area (Å²) in [7, 11) is -3.40. The molecule has 1 unspecified atom stereocenters. The van der Waals surface area contributed by atoms with E-state index in [2.05, 4.69) is 4.72 Å². The molecule has 0 bridgehead atoms. The molecule has 5 nitrogen and oxygen atoms in total. The number of thiophene rings is 1. The van der Waals surface area contributed by atoms with Crippen LogP contribution < -0.4 is 15.2 Å². The van der Waals surface area contributed by atoms with Crippen LogP contribution in [0.1, 0.15) is 17.8 Å². The number of para-hydroxylation sites is 2. The number of rotatable bonds is 7. The van der Waals surface area contributed by atoms with Crippen LogP contribution in [-0.2, 0) is 10.0 Å². The molecule has 1 heterocycles. The minimum absolute atomic E-state index is 0.0563. The number of benzene rings is 1. The number of anilines is 1. The molecule has 1 atom stereocenters.